The van der Waals surface area contributed by atoms with E-state index in [1.807, 2.05) is 20.8 Å². The minimum atomic E-state index is -0.712. The third-order valence-electron chi connectivity index (χ3n) is 4.69. The fourth-order valence-electron chi connectivity index (χ4n) is 3.25. The SMILES string of the molecule is CC(C)(C)NC1CC(=O)N(c2ccc(C(=O)OCC(=O)c3ccc(Cl)c(Cl)c3)cc2)C1=O. The Morgan fingerprint density at radius 3 is 2.25 bits per heavy atom. The van der Waals surface area contributed by atoms with Gasteiger partial charge in [-0.05, 0) is 63.2 Å². The zero-order valence-corrected chi connectivity index (χ0v) is 19.3. The van der Waals surface area contributed by atoms with Crippen LogP contribution in [-0.4, -0.2) is 41.8 Å². The first-order valence-corrected chi connectivity index (χ1v) is 10.6. The van der Waals surface area contributed by atoms with E-state index in [2.05, 4.69) is 5.32 Å². The number of rotatable bonds is 6. The Labute approximate surface area is 195 Å². The Kier molecular flexibility index (Phi) is 7.03. The maximum atomic E-state index is 12.7. The van der Waals surface area contributed by atoms with Crippen molar-refractivity contribution < 1.29 is 23.9 Å². The van der Waals surface area contributed by atoms with E-state index in [1.165, 1.54) is 42.5 Å². The van der Waals surface area contributed by atoms with Crippen LogP contribution in [0, 0.1) is 0 Å². The number of benzene rings is 2. The second-order valence-corrected chi connectivity index (χ2v) is 9.21. The fraction of sp³-hybridized carbons (Fsp3) is 0.304. The molecule has 1 atom stereocenters. The molecule has 1 unspecified atom stereocenters. The Hall–Kier alpha value is -2.74. The summed E-state index contributed by atoms with van der Waals surface area (Å²) in [6.45, 7) is 5.28. The number of hydrogen-bond acceptors (Lipinski definition) is 6. The molecule has 0 bridgehead atoms. The van der Waals surface area contributed by atoms with Crippen LogP contribution in [0.3, 0.4) is 0 Å². The summed E-state index contributed by atoms with van der Waals surface area (Å²) < 4.78 is 5.07. The van der Waals surface area contributed by atoms with E-state index in [0.717, 1.165) is 4.90 Å². The van der Waals surface area contributed by atoms with E-state index in [1.54, 1.807) is 0 Å². The van der Waals surface area contributed by atoms with Gasteiger partial charge < -0.3 is 10.1 Å². The summed E-state index contributed by atoms with van der Waals surface area (Å²) in [5.41, 5.74) is 0.492. The van der Waals surface area contributed by atoms with E-state index in [4.69, 9.17) is 27.9 Å². The van der Waals surface area contributed by atoms with Gasteiger partial charge in [0.25, 0.3) is 5.91 Å². The van der Waals surface area contributed by atoms with E-state index in [9.17, 15) is 19.2 Å². The van der Waals surface area contributed by atoms with Gasteiger partial charge in [-0.25, -0.2) is 9.69 Å². The summed E-state index contributed by atoms with van der Waals surface area (Å²) in [5.74, 6) is -1.80. The fourth-order valence-corrected chi connectivity index (χ4v) is 3.55. The molecule has 3 rings (SSSR count). The van der Waals surface area contributed by atoms with Crippen molar-refractivity contribution in [2.75, 3.05) is 11.5 Å². The number of anilines is 1. The summed E-state index contributed by atoms with van der Waals surface area (Å²) in [6.07, 6.45) is 0.0662. The van der Waals surface area contributed by atoms with Crippen molar-refractivity contribution in [3.63, 3.8) is 0 Å². The smallest absolute Gasteiger partial charge is 0.338 e. The number of imide groups is 1. The van der Waals surface area contributed by atoms with Crippen molar-refractivity contribution in [3.8, 4) is 0 Å². The highest BCUT2D eigenvalue weighted by Crippen LogP contribution is 2.25. The van der Waals surface area contributed by atoms with E-state index in [0.29, 0.717) is 10.7 Å². The summed E-state index contributed by atoms with van der Waals surface area (Å²) in [7, 11) is 0. The van der Waals surface area contributed by atoms with Crippen LogP contribution in [0.25, 0.3) is 0 Å². The molecule has 168 valence electrons. The number of esters is 1. The van der Waals surface area contributed by atoms with Gasteiger partial charge in [0.1, 0.15) is 0 Å². The molecule has 2 aromatic carbocycles. The number of carbonyl (C=O) groups is 4. The van der Waals surface area contributed by atoms with Crippen LogP contribution in [0.4, 0.5) is 5.69 Å². The molecule has 1 N–H and O–H groups in total. The van der Waals surface area contributed by atoms with E-state index >= 15 is 0 Å². The first-order valence-electron chi connectivity index (χ1n) is 9.86. The molecule has 2 amide bonds. The molecule has 9 heteroatoms. The molecule has 0 aromatic heterocycles. The molecule has 1 aliphatic heterocycles. The largest absolute Gasteiger partial charge is 0.454 e. The van der Waals surface area contributed by atoms with Crippen LogP contribution in [-0.2, 0) is 14.3 Å². The predicted molar refractivity (Wildman–Crippen MR) is 121 cm³/mol. The van der Waals surface area contributed by atoms with Gasteiger partial charge in [-0.3, -0.25) is 14.4 Å². The highest BCUT2D eigenvalue weighted by Gasteiger charge is 2.40. The van der Waals surface area contributed by atoms with E-state index in [-0.39, 0.29) is 39.9 Å². The lowest BCUT2D eigenvalue weighted by Gasteiger charge is -2.24. The number of halogens is 2. The van der Waals surface area contributed by atoms with Gasteiger partial charge in [0.2, 0.25) is 5.91 Å². The maximum absolute atomic E-state index is 12.7. The van der Waals surface area contributed by atoms with Crippen LogP contribution in [0.15, 0.2) is 42.5 Å². The zero-order chi connectivity index (χ0) is 23.6. The lowest BCUT2D eigenvalue weighted by molar-refractivity contribution is -0.121. The van der Waals surface area contributed by atoms with Crippen molar-refractivity contribution in [2.45, 2.75) is 38.8 Å². The molecular weight excluding hydrogens is 455 g/mol. The van der Waals surface area contributed by atoms with Crippen molar-refractivity contribution >= 4 is 52.5 Å². The molecule has 0 radical (unpaired) electrons. The molecule has 1 saturated heterocycles. The van der Waals surface area contributed by atoms with Crippen molar-refractivity contribution in [3.05, 3.63) is 63.6 Å². The standard InChI is InChI=1S/C23H22Cl2N2O5/c1-23(2,3)26-18-11-20(29)27(21(18)30)15-7-4-13(5-8-15)22(31)32-12-19(28)14-6-9-16(24)17(25)10-14/h4-10,18,26H,11-12H2,1-3H3. The summed E-state index contributed by atoms with van der Waals surface area (Å²) >= 11 is 11.7. The molecule has 1 fully saturated rings. The van der Waals surface area contributed by atoms with Crippen molar-refractivity contribution in [1.82, 2.24) is 5.32 Å². The Morgan fingerprint density at radius 2 is 1.66 bits per heavy atom. The molecule has 0 aliphatic carbocycles. The number of carbonyl (C=O) groups excluding carboxylic acids is 4. The second-order valence-electron chi connectivity index (χ2n) is 8.39. The molecule has 32 heavy (non-hydrogen) atoms. The number of Topliss-reactive ketones (excluding diaryl/α,β-unsaturated/α-hetero) is 1. The lowest BCUT2D eigenvalue weighted by atomic mass is 10.1. The summed E-state index contributed by atoms with van der Waals surface area (Å²) in [5, 5.41) is 3.68. The van der Waals surface area contributed by atoms with Crippen LogP contribution < -0.4 is 10.2 Å². The topological polar surface area (TPSA) is 92.8 Å². The molecule has 0 spiro atoms. The predicted octanol–water partition coefficient (Wildman–Crippen LogP) is 4.05. The van der Waals surface area contributed by atoms with Gasteiger partial charge in [0.15, 0.2) is 12.4 Å². The molecular formula is C23H22Cl2N2O5. The Bertz CT molecular complexity index is 1080. The average Bonchev–Trinajstić information content (AvgIpc) is 2.99. The third-order valence-corrected chi connectivity index (χ3v) is 5.43. The number of nitrogens with one attached hydrogen (secondary N) is 1. The summed E-state index contributed by atoms with van der Waals surface area (Å²) in [6, 6.07) is 9.64. The minimum Gasteiger partial charge on any atom is -0.454 e. The Balaban J connectivity index is 1.63. The number of ether oxygens (including phenoxy) is 1. The average molecular weight is 477 g/mol. The maximum Gasteiger partial charge on any atom is 0.338 e. The third kappa shape index (κ3) is 5.54. The number of amides is 2. The number of nitrogens with zero attached hydrogens (tertiary/aromatic N) is 1. The first-order chi connectivity index (χ1) is 15.0. The van der Waals surface area contributed by atoms with Crippen LogP contribution >= 0.6 is 23.2 Å². The van der Waals surface area contributed by atoms with Gasteiger partial charge in [-0.1, -0.05) is 23.2 Å². The molecule has 7 nitrogen and oxygen atoms in total. The zero-order valence-electron chi connectivity index (χ0n) is 17.8. The van der Waals surface area contributed by atoms with Crippen LogP contribution in [0.2, 0.25) is 10.0 Å². The van der Waals surface area contributed by atoms with Crippen molar-refractivity contribution in [1.29, 1.82) is 0 Å². The van der Waals surface area contributed by atoms with E-state index < -0.39 is 24.4 Å². The molecule has 1 heterocycles. The minimum absolute atomic E-state index is 0.0662. The lowest BCUT2D eigenvalue weighted by Crippen LogP contribution is -2.47. The molecule has 0 saturated carbocycles. The number of ketones is 1. The highest BCUT2D eigenvalue weighted by atomic mass is 35.5. The van der Waals surface area contributed by atoms with Crippen LogP contribution in [0.5, 0.6) is 0 Å². The van der Waals surface area contributed by atoms with Crippen LogP contribution in [0.1, 0.15) is 47.9 Å². The van der Waals surface area contributed by atoms with Gasteiger partial charge >= 0.3 is 5.97 Å². The highest BCUT2D eigenvalue weighted by molar-refractivity contribution is 6.42. The van der Waals surface area contributed by atoms with Crippen molar-refractivity contribution in [2.24, 2.45) is 0 Å². The normalized spacial score (nSPS) is 16.4. The summed E-state index contributed by atoms with van der Waals surface area (Å²) in [4.78, 5) is 50.6. The Morgan fingerprint density at radius 1 is 1.03 bits per heavy atom. The quantitative estimate of drug-likeness (QED) is 0.384. The second kappa shape index (κ2) is 9.40. The van der Waals surface area contributed by atoms with Gasteiger partial charge in [-0.15, -0.1) is 0 Å². The molecule has 1 aliphatic rings. The van der Waals surface area contributed by atoms with Gasteiger partial charge in [0.05, 0.1) is 33.8 Å². The molecule has 2 aromatic rings. The monoisotopic (exact) mass is 476 g/mol. The van der Waals surface area contributed by atoms with Gasteiger partial charge in [0, 0.05) is 11.1 Å². The van der Waals surface area contributed by atoms with Gasteiger partial charge in [-0.2, -0.15) is 0 Å². The first kappa shape index (κ1) is 23.9. The number of hydrogen-bond donors (Lipinski definition) is 1.